The van der Waals surface area contributed by atoms with E-state index in [1.165, 1.54) is 22.9 Å². The van der Waals surface area contributed by atoms with Crippen molar-refractivity contribution >= 4 is 11.6 Å². The molecule has 0 saturated heterocycles. The predicted molar refractivity (Wildman–Crippen MR) is 99.5 cm³/mol. The molecule has 0 aliphatic carbocycles. The molecule has 1 N–H and O–H groups in total. The van der Waals surface area contributed by atoms with Gasteiger partial charge >= 0.3 is 0 Å². The first kappa shape index (κ1) is 17.3. The van der Waals surface area contributed by atoms with Crippen molar-refractivity contribution in [3.8, 4) is 17.2 Å². The fourth-order valence-electron chi connectivity index (χ4n) is 2.47. The fourth-order valence-corrected chi connectivity index (χ4v) is 2.47. The van der Waals surface area contributed by atoms with Crippen LogP contribution in [-0.4, -0.2) is 24.7 Å². The molecule has 0 unspecified atom stereocenters. The predicted octanol–water partition coefficient (Wildman–Crippen LogP) is 3.11. The third-order valence-corrected chi connectivity index (χ3v) is 3.85. The number of nitrogens with one attached hydrogen (secondary N) is 1. The number of rotatable bonds is 5. The minimum Gasteiger partial charge on any atom is -0.497 e. The molecule has 2 aromatic carbocycles. The molecule has 3 aromatic rings. The lowest BCUT2D eigenvalue weighted by atomic mass is 10.2. The number of ether oxygens (including phenoxy) is 2. The van der Waals surface area contributed by atoms with Gasteiger partial charge in [0.25, 0.3) is 11.5 Å². The second kappa shape index (κ2) is 7.57. The summed E-state index contributed by atoms with van der Waals surface area (Å²) in [6.45, 7) is 0. The number of hydrogen-bond donors (Lipinski definition) is 1. The molecule has 0 bridgehead atoms. The second-order valence-corrected chi connectivity index (χ2v) is 5.51. The van der Waals surface area contributed by atoms with Crippen molar-refractivity contribution < 1.29 is 14.3 Å². The Morgan fingerprint density at radius 3 is 2.35 bits per heavy atom. The van der Waals surface area contributed by atoms with E-state index >= 15 is 0 Å². The number of nitrogens with zero attached hydrogens (tertiary/aromatic N) is 1. The highest BCUT2D eigenvalue weighted by molar-refractivity contribution is 6.04. The van der Waals surface area contributed by atoms with Crippen LogP contribution in [0.15, 0.2) is 71.7 Å². The number of pyridine rings is 1. The van der Waals surface area contributed by atoms with Gasteiger partial charge in [0.2, 0.25) is 0 Å². The Hall–Kier alpha value is -3.54. The minimum absolute atomic E-state index is 0.229. The Bertz CT molecular complexity index is 978. The van der Waals surface area contributed by atoms with Crippen molar-refractivity contribution in [2.45, 2.75) is 0 Å². The number of anilines is 1. The summed E-state index contributed by atoms with van der Waals surface area (Å²) in [6, 6.07) is 16.9. The van der Waals surface area contributed by atoms with E-state index in [1.807, 2.05) is 0 Å². The van der Waals surface area contributed by atoms with Crippen LogP contribution >= 0.6 is 0 Å². The Kier molecular flexibility index (Phi) is 5.03. The van der Waals surface area contributed by atoms with E-state index in [1.54, 1.807) is 62.8 Å². The quantitative estimate of drug-likeness (QED) is 0.768. The van der Waals surface area contributed by atoms with Crippen molar-refractivity contribution in [2.75, 3.05) is 19.5 Å². The zero-order chi connectivity index (χ0) is 18.5. The van der Waals surface area contributed by atoms with Gasteiger partial charge in [0.05, 0.1) is 19.8 Å². The molecule has 1 heterocycles. The minimum atomic E-state index is -0.319. The number of carbonyl (C=O) groups excluding carboxylic acids is 1. The zero-order valence-corrected chi connectivity index (χ0v) is 14.4. The van der Waals surface area contributed by atoms with Crippen molar-refractivity contribution in [1.29, 1.82) is 0 Å². The SMILES string of the molecule is COc1ccc(-n2cc(C(=O)Nc3cccc(OC)c3)ccc2=O)cc1. The first-order chi connectivity index (χ1) is 12.6. The van der Waals surface area contributed by atoms with Gasteiger partial charge in [0.1, 0.15) is 11.5 Å². The van der Waals surface area contributed by atoms with Crippen LogP contribution in [0.3, 0.4) is 0 Å². The van der Waals surface area contributed by atoms with Gasteiger partial charge in [-0.25, -0.2) is 0 Å². The lowest BCUT2D eigenvalue weighted by Crippen LogP contribution is -2.20. The normalized spacial score (nSPS) is 10.2. The second-order valence-electron chi connectivity index (χ2n) is 5.51. The maximum Gasteiger partial charge on any atom is 0.257 e. The summed E-state index contributed by atoms with van der Waals surface area (Å²) in [5.41, 5.74) is 1.39. The van der Waals surface area contributed by atoms with Crippen molar-refractivity contribution in [3.05, 3.63) is 82.8 Å². The van der Waals surface area contributed by atoms with Crippen LogP contribution in [-0.2, 0) is 0 Å². The number of benzene rings is 2. The van der Waals surface area contributed by atoms with E-state index in [0.29, 0.717) is 28.4 Å². The Morgan fingerprint density at radius 2 is 1.65 bits per heavy atom. The summed E-state index contributed by atoms with van der Waals surface area (Å²) in [6.07, 6.45) is 1.51. The number of carbonyl (C=O) groups is 1. The molecule has 6 heteroatoms. The van der Waals surface area contributed by atoms with Crippen molar-refractivity contribution in [2.24, 2.45) is 0 Å². The fraction of sp³-hybridized carbons (Fsp3) is 0.100. The van der Waals surface area contributed by atoms with Crippen molar-refractivity contribution in [1.82, 2.24) is 4.57 Å². The highest BCUT2D eigenvalue weighted by Gasteiger charge is 2.10. The lowest BCUT2D eigenvalue weighted by Gasteiger charge is -2.10. The number of amides is 1. The van der Waals surface area contributed by atoms with Gasteiger partial charge in [0.15, 0.2) is 0 Å². The monoisotopic (exact) mass is 350 g/mol. The summed E-state index contributed by atoms with van der Waals surface area (Å²) < 4.78 is 11.7. The lowest BCUT2D eigenvalue weighted by molar-refractivity contribution is 0.102. The van der Waals surface area contributed by atoms with Gasteiger partial charge in [-0.2, -0.15) is 0 Å². The van der Waals surface area contributed by atoms with Crippen LogP contribution in [0.1, 0.15) is 10.4 Å². The Balaban J connectivity index is 1.88. The summed E-state index contributed by atoms with van der Waals surface area (Å²) in [5.74, 6) is 1.01. The molecule has 1 amide bonds. The molecule has 1 aromatic heterocycles. The number of methoxy groups -OCH3 is 2. The maximum absolute atomic E-state index is 12.5. The molecular weight excluding hydrogens is 332 g/mol. The molecule has 26 heavy (non-hydrogen) atoms. The van der Waals surface area contributed by atoms with Crippen LogP contribution < -0.4 is 20.3 Å². The summed E-state index contributed by atoms with van der Waals surface area (Å²) in [5, 5.41) is 2.80. The first-order valence-electron chi connectivity index (χ1n) is 7.93. The highest BCUT2D eigenvalue weighted by atomic mass is 16.5. The van der Waals surface area contributed by atoms with Gasteiger partial charge in [-0.3, -0.25) is 14.2 Å². The molecule has 0 saturated carbocycles. The maximum atomic E-state index is 12.5. The standard InChI is InChI=1S/C20H18N2O4/c1-25-17-9-7-16(8-10-17)22-13-14(6-11-19(22)23)20(24)21-15-4-3-5-18(12-15)26-2/h3-13H,1-2H3,(H,21,24). The van der Waals surface area contributed by atoms with Crippen LogP contribution in [0, 0.1) is 0 Å². The third-order valence-electron chi connectivity index (χ3n) is 3.85. The molecule has 0 aliphatic heterocycles. The van der Waals surface area contributed by atoms with Gasteiger partial charge in [-0.05, 0) is 42.5 Å². The first-order valence-corrected chi connectivity index (χ1v) is 7.93. The van der Waals surface area contributed by atoms with E-state index in [4.69, 9.17) is 9.47 Å². The largest absolute Gasteiger partial charge is 0.497 e. The molecule has 3 rings (SSSR count). The average molecular weight is 350 g/mol. The van der Waals surface area contributed by atoms with E-state index < -0.39 is 0 Å². The molecule has 0 atom stereocenters. The Morgan fingerprint density at radius 1 is 0.923 bits per heavy atom. The summed E-state index contributed by atoms with van der Waals surface area (Å²) in [7, 11) is 3.14. The molecule has 132 valence electrons. The van der Waals surface area contributed by atoms with Gasteiger partial charge < -0.3 is 14.8 Å². The number of hydrogen-bond acceptors (Lipinski definition) is 4. The molecule has 0 aliphatic rings. The third kappa shape index (κ3) is 3.75. The van der Waals surface area contributed by atoms with E-state index in [9.17, 15) is 9.59 Å². The van der Waals surface area contributed by atoms with E-state index in [0.717, 1.165) is 0 Å². The van der Waals surface area contributed by atoms with Gasteiger partial charge in [-0.15, -0.1) is 0 Å². The van der Waals surface area contributed by atoms with Crippen LogP contribution in [0.5, 0.6) is 11.5 Å². The molecule has 0 fully saturated rings. The van der Waals surface area contributed by atoms with Gasteiger partial charge in [0, 0.05) is 29.7 Å². The van der Waals surface area contributed by atoms with E-state index in [2.05, 4.69) is 5.32 Å². The van der Waals surface area contributed by atoms with Crippen LogP contribution in [0.25, 0.3) is 5.69 Å². The molecule has 0 spiro atoms. The highest BCUT2D eigenvalue weighted by Crippen LogP contribution is 2.18. The number of aromatic nitrogens is 1. The smallest absolute Gasteiger partial charge is 0.257 e. The summed E-state index contributed by atoms with van der Waals surface area (Å²) >= 11 is 0. The Labute approximate surface area is 150 Å². The molecular formula is C20H18N2O4. The van der Waals surface area contributed by atoms with E-state index in [-0.39, 0.29) is 11.5 Å². The van der Waals surface area contributed by atoms with Crippen LogP contribution in [0.2, 0.25) is 0 Å². The van der Waals surface area contributed by atoms with Gasteiger partial charge in [-0.1, -0.05) is 6.07 Å². The molecule has 6 nitrogen and oxygen atoms in total. The summed E-state index contributed by atoms with van der Waals surface area (Å²) in [4.78, 5) is 24.7. The molecule has 0 radical (unpaired) electrons. The topological polar surface area (TPSA) is 69.6 Å². The average Bonchev–Trinajstić information content (AvgIpc) is 2.68. The van der Waals surface area contributed by atoms with Crippen molar-refractivity contribution in [3.63, 3.8) is 0 Å². The zero-order valence-electron chi connectivity index (χ0n) is 14.4. The van der Waals surface area contributed by atoms with Crippen LogP contribution in [0.4, 0.5) is 5.69 Å².